The first kappa shape index (κ1) is 9.59. The molecule has 2 N–H and O–H groups in total. The van der Waals surface area contributed by atoms with Crippen molar-refractivity contribution in [2.45, 2.75) is 13.5 Å². The molecule has 1 rings (SSSR count). The lowest BCUT2D eigenvalue weighted by atomic mass is 10.2. The molecule has 1 unspecified atom stereocenters. The Kier molecular flexibility index (Phi) is 2.91. The molecule has 0 saturated carbocycles. The van der Waals surface area contributed by atoms with Crippen LogP contribution in [0.3, 0.4) is 0 Å². The van der Waals surface area contributed by atoms with E-state index in [2.05, 4.69) is 10.3 Å². The molecule has 7 nitrogen and oxygen atoms in total. The van der Waals surface area contributed by atoms with Gasteiger partial charge in [-0.25, -0.2) is 4.68 Å². The molecule has 0 aliphatic heterocycles. The maximum atomic E-state index is 10.2. The SMILES string of the molecule is CC(CN)Cn1cc([N+](=O)[O-])nn1. The molecule has 7 heteroatoms. The van der Waals surface area contributed by atoms with Crippen molar-refractivity contribution < 1.29 is 4.92 Å². The molecule has 1 aromatic rings. The standard InChI is InChI=1S/C6H11N5O2/c1-5(2-7)3-10-4-6(8-9-10)11(12)13/h4-5H,2-3,7H2,1H3. The van der Waals surface area contributed by atoms with Gasteiger partial charge in [0.05, 0.1) is 5.21 Å². The van der Waals surface area contributed by atoms with E-state index in [0.717, 1.165) is 0 Å². The predicted molar refractivity (Wildman–Crippen MR) is 44.9 cm³/mol. The molecule has 72 valence electrons. The van der Waals surface area contributed by atoms with E-state index in [1.54, 1.807) is 0 Å². The molecule has 0 aromatic carbocycles. The van der Waals surface area contributed by atoms with Gasteiger partial charge in [-0.05, 0) is 17.4 Å². The molecule has 1 atom stereocenters. The van der Waals surface area contributed by atoms with E-state index in [4.69, 9.17) is 5.73 Å². The molecule has 1 heterocycles. The second-order valence-corrected chi connectivity index (χ2v) is 2.90. The number of nitro groups is 1. The van der Waals surface area contributed by atoms with Crippen LogP contribution in [0.15, 0.2) is 6.20 Å². The van der Waals surface area contributed by atoms with Crippen LogP contribution in [0.1, 0.15) is 6.92 Å². The van der Waals surface area contributed by atoms with Crippen LogP contribution in [0, 0.1) is 16.0 Å². The summed E-state index contributed by atoms with van der Waals surface area (Å²) in [5.41, 5.74) is 5.39. The van der Waals surface area contributed by atoms with E-state index in [9.17, 15) is 10.1 Å². The fraction of sp³-hybridized carbons (Fsp3) is 0.667. The largest absolute Gasteiger partial charge is 0.410 e. The summed E-state index contributed by atoms with van der Waals surface area (Å²) < 4.78 is 1.43. The molecule has 0 amide bonds. The van der Waals surface area contributed by atoms with E-state index >= 15 is 0 Å². The topological polar surface area (TPSA) is 99.9 Å². The predicted octanol–water partition coefficient (Wildman–Crippen LogP) is -0.219. The molecule has 13 heavy (non-hydrogen) atoms. The summed E-state index contributed by atoms with van der Waals surface area (Å²) in [6.07, 6.45) is 1.30. The molecule has 0 aliphatic carbocycles. The summed E-state index contributed by atoms with van der Waals surface area (Å²) >= 11 is 0. The second-order valence-electron chi connectivity index (χ2n) is 2.90. The van der Waals surface area contributed by atoms with Gasteiger partial charge in [0.1, 0.15) is 11.3 Å². The van der Waals surface area contributed by atoms with E-state index < -0.39 is 4.92 Å². The first-order valence-electron chi connectivity index (χ1n) is 3.88. The third-order valence-electron chi connectivity index (χ3n) is 1.61. The van der Waals surface area contributed by atoms with Gasteiger partial charge in [-0.3, -0.25) is 0 Å². The summed E-state index contributed by atoms with van der Waals surface area (Å²) in [5.74, 6) is 0.00512. The molecular formula is C6H11N5O2. The third kappa shape index (κ3) is 2.48. The minimum absolute atomic E-state index is 0.232. The Morgan fingerprint density at radius 3 is 3.00 bits per heavy atom. The zero-order chi connectivity index (χ0) is 9.84. The molecule has 0 fully saturated rings. The van der Waals surface area contributed by atoms with Crippen LogP contribution in [0.2, 0.25) is 0 Å². The van der Waals surface area contributed by atoms with Gasteiger partial charge >= 0.3 is 5.82 Å². The average Bonchev–Trinajstić information content (AvgIpc) is 2.52. The van der Waals surface area contributed by atoms with E-state index in [0.29, 0.717) is 13.1 Å². The Bertz CT molecular complexity index is 297. The number of aromatic nitrogens is 3. The maximum Gasteiger partial charge on any atom is 0.410 e. The number of nitrogens with zero attached hydrogens (tertiary/aromatic N) is 4. The molecule has 0 saturated heterocycles. The summed E-state index contributed by atoms with van der Waals surface area (Å²) in [4.78, 5) is 9.66. The minimum Gasteiger partial charge on any atom is -0.358 e. The fourth-order valence-electron chi connectivity index (χ4n) is 0.855. The summed E-state index contributed by atoms with van der Waals surface area (Å²) in [7, 11) is 0. The normalized spacial score (nSPS) is 12.8. The van der Waals surface area contributed by atoms with Crippen LogP contribution < -0.4 is 5.73 Å². The third-order valence-corrected chi connectivity index (χ3v) is 1.61. The fourth-order valence-corrected chi connectivity index (χ4v) is 0.855. The monoisotopic (exact) mass is 185 g/mol. The van der Waals surface area contributed by atoms with Gasteiger partial charge in [-0.2, -0.15) is 0 Å². The van der Waals surface area contributed by atoms with Crippen molar-refractivity contribution in [2.75, 3.05) is 6.54 Å². The highest BCUT2D eigenvalue weighted by molar-refractivity contribution is 5.08. The highest BCUT2D eigenvalue weighted by atomic mass is 16.6. The van der Waals surface area contributed by atoms with Gasteiger partial charge < -0.3 is 15.8 Å². The number of hydrogen-bond acceptors (Lipinski definition) is 5. The Hall–Kier alpha value is -1.50. The van der Waals surface area contributed by atoms with Crippen molar-refractivity contribution >= 4 is 5.82 Å². The van der Waals surface area contributed by atoms with Gasteiger partial charge in [0, 0.05) is 6.54 Å². The highest BCUT2D eigenvalue weighted by Gasteiger charge is 2.12. The van der Waals surface area contributed by atoms with Crippen molar-refractivity contribution in [2.24, 2.45) is 11.7 Å². The first-order valence-corrected chi connectivity index (χ1v) is 3.88. The van der Waals surface area contributed by atoms with Crippen LogP contribution in [0.5, 0.6) is 0 Å². The summed E-state index contributed by atoms with van der Waals surface area (Å²) in [6.45, 7) is 3.01. The van der Waals surface area contributed by atoms with Crippen molar-refractivity contribution in [3.8, 4) is 0 Å². The van der Waals surface area contributed by atoms with Gasteiger partial charge in [0.25, 0.3) is 0 Å². The van der Waals surface area contributed by atoms with Crippen LogP contribution in [-0.4, -0.2) is 26.5 Å². The van der Waals surface area contributed by atoms with Crippen molar-refractivity contribution in [3.63, 3.8) is 0 Å². The van der Waals surface area contributed by atoms with Crippen LogP contribution >= 0.6 is 0 Å². The molecular weight excluding hydrogens is 174 g/mol. The molecule has 0 spiro atoms. The number of hydrogen-bond donors (Lipinski definition) is 1. The second kappa shape index (κ2) is 3.94. The van der Waals surface area contributed by atoms with Gasteiger partial charge in [0.2, 0.25) is 0 Å². The Morgan fingerprint density at radius 2 is 2.54 bits per heavy atom. The summed E-state index contributed by atoms with van der Waals surface area (Å²) in [6, 6.07) is 0. The Morgan fingerprint density at radius 1 is 1.85 bits per heavy atom. The molecule has 0 bridgehead atoms. The zero-order valence-corrected chi connectivity index (χ0v) is 7.25. The number of nitrogens with two attached hydrogens (primary N) is 1. The lowest BCUT2D eigenvalue weighted by Gasteiger charge is -2.04. The summed E-state index contributed by atoms with van der Waals surface area (Å²) in [5, 5.41) is 17.2. The van der Waals surface area contributed by atoms with Crippen LogP contribution in [0.4, 0.5) is 5.82 Å². The lowest BCUT2D eigenvalue weighted by molar-refractivity contribution is -0.389. The molecule has 0 aliphatic rings. The van der Waals surface area contributed by atoms with E-state index in [1.165, 1.54) is 10.9 Å². The molecule has 0 radical (unpaired) electrons. The van der Waals surface area contributed by atoms with Crippen molar-refractivity contribution in [1.29, 1.82) is 0 Å². The Balaban J connectivity index is 2.64. The van der Waals surface area contributed by atoms with Crippen LogP contribution in [0.25, 0.3) is 0 Å². The minimum atomic E-state index is -0.573. The van der Waals surface area contributed by atoms with E-state index in [-0.39, 0.29) is 11.7 Å². The highest BCUT2D eigenvalue weighted by Crippen LogP contribution is 2.04. The quantitative estimate of drug-likeness (QED) is 0.516. The smallest absolute Gasteiger partial charge is 0.358 e. The first-order chi connectivity index (χ1) is 6.13. The van der Waals surface area contributed by atoms with Gasteiger partial charge in [-0.1, -0.05) is 6.92 Å². The van der Waals surface area contributed by atoms with Gasteiger partial charge in [0.15, 0.2) is 0 Å². The molecule has 1 aromatic heterocycles. The van der Waals surface area contributed by atoms with E-state index in [1.807, 2.05) is 6.92 Å². The maximum absolute atomic E-state index is 10.2. The number of rotatable bonds is 4. The average molecular weight is 185 g/mol. The Labute approximate surface area is 74.7 Å². The lowest BCUT2D eigenvalue weighted by Crippen LogP contribution is -2.17. The zero-order valence-electron chi connectivity index (χ0n) is 7.25. The van der Waals surface area contributed by atoms with Crippen LogP contribution in [-0.2, 0) is 6.54 Å². The van der Waals surface area contributed by atoms with Gasteiger partial charge in [-0.15, -0.1) is 0 Å². The van der Waals surface area contributed by atoms with Crippen molar-refractivity contribution in [1.82, 2.24) is 15.0 Å². The van der Waals surface area contributed by atoms with Crippen molar-refractivity contribution in [3.05, 3.63) is 16.3 Å².